The molecule has 1 aromatic rings. The van der Waals surface area contributed by atoms with Crippen LogP contribution in [0.15, 0.2) is 30.3 Å². The number of amides is 3. The lowest BCUT2D eigenvalue weighted by Gasteiger charge is -2.24. The van der Waals surface area contributed by atoms with Gasteiger partial charge < -0.3 is 19.1 Å². The standard InChI is InChI=1S/C20H26N2O7/c1-5-27-16(23)12-21-11-15(17(24)29-20(2,3)4)22(18(21)25)19(26)28-13-14-9-7-6-8-10-14/h6-10,15H,5,11-13H2,1-4H3. The molecule has 29 heavy (non-hydrogen) atoms. The van der Waals surface area contributed by atoms with Crippen LogP contribution in [0.2, 0.25) is 0 Å². The second-order valence-corrected chi connectivity index (χ2v) is 7.43. The molecule has 0 bridgehead atoms. The molecular formula is C20H26N2O7. The van der Waals surface area contributed by atoms with Crippen molar-refractivity contribution in [2.45, 2.75) is 45.9 Å². The summed E-state index contributed by atoms with van der Waals surface area (Å²) in [6.07, 6.45) is -0.985. The molecule has 1 heterocycles. The van der Waals surface area contributed by atoms with Gasteiger partial charge in [0, 0.05) is 0 Å². The van der Waals surface area contributed by atoms with Crippen molar-refractivity contribution in [1.29, 1.82) is 0 Å². The van der Waals surface area contributed by atoms with Gasteiger partial charge in [-0.25, -0.2) is 19.3 Å². The minimum Gasteiger partial charge on any atom is -0.465 e. The van der Waals surface area contributed by atoms with Gasteiger partial charge in [-0.1, -0.05) is 30.3 Å². The van der Waals surface area contributed by atoms with Crippen LogP contribution in [0.1, 0.15) is 33.3 Å². The predicted molar refractivity (Wildman–Crippen MR) is 102 cm³/mol. The average Bonchev–Trinajstić information content (AvgIpc) is 2.96. The van der Waals surface area contributed by atoms with Gasteiger partial charge in [0.25, 0.3) is 0 Å². The fourth-order valence-corrected chi connectivity index (χ4v) is 2.69. The molecule has 0 radical (unpaired) electrons. The number of benzene rings is 1. The summed E-state index contributed by atoms with van der Waals surface area (Å²) < 4.78 is 15.4. The number of rotatable bonds is 6. The minimum absolute atomic E-state index is 0.0671. The fraction of sp³-hybridized carbons (Fsp3) is 0.500. The van der Waals surface area contributed by atoms with Crippen LogP contribution in [-0.4, -0.2) is 65.2 Å². The summed E-state index contributed by atoms with van der Waals surface area (Å²) in [5.74, 6) is -1.39. The first kappa shape index (κ1) is 22.2. The van der Waals surface area contributed by atoms with Gasteiger partial charge in [0.2, 0.25) is 0 Å². The lowest BCUT2D eigenvalue weighted by molar-refractivity contribution is -0.159. The number of ether oxygens (including phenoxy) is 3. The fourth-order valence-electron chi connectivity index (χ4n) is 2.69. The Hall–Kier alpha value is -3.10. The zero-order valence-electron chi connectivity index (χ0n) is 17.0. The summed E-state index contributed by atoms with van der Waals surface area (Å²) in [6, 6.07) is 6.88. The smallest absolute Gasteiger partial charge is 0.419 e. The summed E-state index contributed by atoms with van der Waals surface area (Å²) in [4.78, 5) is 51.4. The maximum Gasteiger partial charge on any atom is 0.419 e. The number of imide groups is 1. The molecule has 1 aliphatic rings. The Labute approximate surface area is 169 Å². The highest BCUT2D eigenvalue weighted by Crippen LogP contribution is 2.21. The van der Waals surface area contributed by atoms with Crippen LogP contribution in [0.4, 0.5) is 9.59 Å². The number of hydrogen-bond acceptors (Lipinski definition) is 7. The number of carbonyl (C=O) groups is 4. The Morgan fingerprint density at radius 3 is 2.34 bits per heavy atom. The SMILES string of the molecule is CCOC(=O)CN1CC(C(=O)OC(C)(C)C)N(C(=O)OCc2ccccc2)C1=O. The van der Waals surface area contributed by atoms with Crippen molar-refractivity contribution in [2.24, 2.45) is 0 Å². The summed E-state index contributed by atoms with van der Waals surface area (Å²) in [6.45, 7) is 6.19. The third-order valence-electron chi connectivity index (χ3n) is 3.89. The molecule has 0 N–H and O–H groups in total. The molecule has 0 spiro atoms. The van der Waals surface area contributed by atoms with Crippen LogP contribution in [0.5, 0.6) is 0 Å². The summed E-state index contributed by atoms with van der Waals surface area (Å²) in [5, 5.41) is 0. The molecule has 1 aliphatic heterocycles. The molecule has 158 valence electrons. The third-order valence-corrected chi connectivity index (χ3v) is 3.89. The zero-order valence-corrected chi connectivity index (χ0v) is 17.0. The highest BCUT2D eigenvalue weighted by atomic mass is 16.6. The highest BCUT2D eigenvalue weighted by Gasteiger charge is 2.48. The topological polar surface area (TPSA) is 102 Å². The third kappa shape index (κ3) is 6.20. The molecule has 1 atom stereocenters. The van der Waals surface area contributed by atoms with Crippen molar-refractivity contribution in [1.82, 2.24) is 9.80 Å². The maximum absolute atomic E-state index is 12.7. The van der Waals surface area contributed by atoms with Gasteiger partial charge in [-0.2, -0.15) is 0 Å². The summed E-state index contributed by atoms with van der Waals surface area (Å²) >= 11 is 0. The molecular weight excluding hydrogens is 380 g/mol. The van der Waals surface area contributed by atoms with E-state index in [0.717, 1.165) is 10.5 Å². The van der Waals surface area contributed by atoms with Crippen LogP contribution in [0.3, 0.4) is 0 Å². The molecule has 9 heteroatoms. The first-order valence-electron chi connectivity index (χ1n) is 9.29. The van der Waals surface area contributed by atoms with Crippen LogP contribution in [-0.2, 0) is 30.4 Å². The molecule has 1 saturated heterocycles. The van der Waals surface area contributed by atoms with Gasteiger partial charge in [-0.05, 0) is 33.3 Å². The van der Waals surface area contributed by atoms with Gasteiger partial charge in [-0.15, -0.1) is 0 Å². The Balaban J connectivity index is 2.15. The van der Waals surface area contributed by atoms with Crippen LogP contribution in [0.25, 0.3) is 0 Å². The quantitative estimate of drug-likeness (QED) is 0.528. The first-order valence-corrected chi connectivity index (χ1v) is 9.29. The second-order valence-electron chi connectivity index (χ2n) is 7.43. The van der Waals surface area contributed by atoms with Crippen molar-refractivity contribution < 1.29 is 33.4 Å². The predicted octanol–water partition coefficient (Wildman–Crippen LogP) is 2.33. The van der Waals surface area contributed by atoms with Gasteiger partial charge in [0.05, 0.1) is 13.2 Å². The van der Waals surface area contributed by atoms with Crippen molar-refractivity contribution in [2.75, 3.05) is 19.7 Å². The molecule has 3 amide bonds. The largest absolute Gasteiger partial charge is 0.465 e. The van der Waals surface area contributed by atoms with E-state index < -0.39 is 35.7 Å². The first-order chi connectivity index (χ1) is 13.6. The van der Waals surface area contributed by atoms with Crippen molar-refractivity contribution in [3.63, 3.8) is 0 Å². The lowest BCUT2D eigenvalue weighted by Crippen LogP contribution is -2.46. The highest BCUT2D eigenvalue weighted by molar-refractivity contribution is 5.99. The van der Waals surface area contributed by atoms with Crippen molar-refractivity contribution in [3.8, 4) is 0 Å². The van der Waals surface area contributed by atoms with E-state index in [4.69, 9.17) is 14.2 Å². The lowest BCUT2D eigenvalue weighted by atomic mass is 10.2. The van der Waals surface area contributed by atoms with Crippen molar-refractivity contribution >= 4 is 24.1 Å². The van der Waals surface area contributed by atoms with Gasteiger partial charge in [0.1, 0.15) is 18.8 Å². The second kappa shape index (κ2) is 9.40. The summed E-state index contributed by atoms with van der Waals surface area (Å²) in [5.41, 5.74) is -0.0846. The zero-order chi connectivity index (χ0) is 21.6. The molecule has 1 unspecified atom stereocenters. The number of hydrogen-bond donors (Lipinski definition) is 0. The molecule has 1 aromatic carbocycles. The van der Waals surface area contributed by atoms with Crippen molar-refractivity contribution in [3.05, 3.63) is 35.9 Å². The Morgan fingerprint density at radius 1 is 1.10 bits per heavy atom. The number of urea groups is 1. The summed E-state index contributed by atoms with van der Waals surface area (Å²) in [7, 11) is 0. The van der Waals surface area contributed by atoms with E-state index >= 15 is 0 Å². The molecule has 2 rings (SSSR count). The Morgan fingerprint density at radius 2 is 1.76 bits per heavy atom. The van der Waals surface area contributed by atoms with Crippen LogP contribution >= 0.6 is 0 Å². The number of carbonyl (C=O) groups excluding carboxylic acids is 4. The van der Waals surface area contributed by atoms with Gasteiger partial charge in [-0.3, -0.25) is 4.79 Å². The van der Waals surface area contributed by atoms with E-state index in [-0.39, 0.29) is 26.3 Å². The maximum atomic E-state index is 12.7. The molecule has 9 nitrogen and oxygen atoms in total. The minimum atomic E-state index is -1.22. The number of nitrogens with zero attached hydrogens (tertiary/aromatic N) is 2. The number of esters is 2. The van der Waals surface area contributed by atoms with E-state index in [2.05, 4.69) is 0 Å². The van der Waals surface area contributed by atoms with Crippen LogP contribution in [0, 0.1) is 0 Å². The van der Waals surface area contributed by atoms with Gasteiger partial charge in [0.15, 0.2) is 6.04 Å². The molecule has 0 saturated carbocycles. The van der Waals surface area contributed by atoms with E-state index in [1.54, 1.807) is 52.0 Å². The van der Waals surface area contributed by atoms with Crippen LogP contribution < -0.4 is 0 Å². The van der Waals surface area contributed by atoms with E-state index in [1.165, 1.54) is 0 Å². The molecule has 0 aliphatic carbocycles. The van der Waals surface area contributed by atoms with E-state index in [9.17, 15) is 19.2 Å². The van der Waals surface area contributed by atoms with Gasteiger partial charge >= 0.3 is 24.1 Å². The monoisotopic (exact) mass is 406 g/mol. The van der Waals surface area contributed by atoms with E-state index in [1.807, 2.05) is 6.07 Å². The Kier molecular flexibility index (Phi) is 7.19. The normalized spacial score (nSPS) is 16.6. The average molecular weight is 406 g/mol. The van der Waals surface area contributed by atoms with E-state index in [0.29, 0.717) is 4.90 Å². The Bertz CT molecular complexity index is 758. The molecule has 1 fully saturated rings. The molecule has 0 aromatic heterocycles.